The Morgan fingerprint density at radius 3 is 2.28 bits per heavy atom. The van der Waals surface area contributed by atoms with Gasteiger partial charge in [0.1, 0.15) is 17.8 Å². The monoisotopic (exact) mass is 924 g/mol. The first-order valence-corrected chi connectivity index (χ1v) is 24.4. The van der Waals surface area contributed by atoms with Gasteiger partial charge in [-0.15, -0.1) is 16.6 Å². The molecule has 5 aliphatic rings. The maximum atomic E-state index is 14.3. The van der Waals surface area contributed by atoms with E-state index in [2.05, 4.69) is 46.8 Å². The number of anilines is 3. The molecule has 1 aliphatic carbocycles. The maximum absolute atomic E-state index is 14.3. The smallest absolute Gasteiger partial charge is 0.246 e. The van der Waals surface area contributed by atoms with Gasteiger partial charge in [-0.05, 0) is 98.2 Å². The molecule has 4 fully saturated rings. The van der Waals surface area contributed by atoms with Gasteiger partial charge >= 0.3 is 0 Å². The van der Waals surface area contributed by atoms with Gasteiger partial charge in [0.15, 0.2) is 5.82 Å². The number of benzene rings is 2. The number of phenols is 1. The Balaban J connectivity index is 0.741. The van der Waals surface area contributed by atoms with Gasteiger partial charge in [-0.2, -0.15) is 0 Å². The van der Waals surface area contributed by atoms with Crippen molar-refractivity contribution in [1.29, 1.82) is 0 Å². The molecule has 16 nitrogen and oxygen atoms in total. The number of hydrogen-bond donors (Lipinski definition) is 5. The van der Waals surface area contributed by atoms with E-state index in [4.69, 9.17) is 16.4 Å². The van der Waals surface area contributed by atoms with Crippen LogP contribution in [0.5, 0.6) is 5.75 Å². The highest BCUT2D eigenvalue weighted by Crippen LogP contribution is 2.39. The lowest BCUT2D eigenvalue weighted by atomic mass is 9.78. The Morgan fingerprint density at radius 1 is 0.868 bits per heavy atom. The minimum Gasteiger partial charge on any atom is -0.507 e. The summed E-state index contributed by atoms with van der Waals surface area (Å²) in [6, 6.07) is 15.4. The van der Waals surface area contributed by atoms with Crippen molar-refractivity contribution in [3.8, 4) is 29.4 Å². The van der Waals surface area contributed by atoms with Crippen molar-refractivity contribution in [2.24, 2.45) is 11.3 Å². The molecule has 4 aromatic rings. The van der Waals surface area contributed by atoms with Gasteiger partial charge in [0.05, 0.1) is 29.6 Å². The van der Waals surface area contributed by atoms with Crippen molar-refractivity contribution in [2.45, 2.75) is 115 Å². The van der Waals surface area contributed by atoms with Crippen LogP contribution in [0.25, 0.3) is 11.3 Å². The molecule has 0 radical (unpaired) electrons. The summed E-state index contributed by atoms with van der Waals surface area (Å²) in [5.41, 5.74) is 4.43. The highest BCUT2D eigenvalue weighted by Gasteiger charge is 2.45. The van der Waals surface area contributed by atoms with E-state index in [9.17, 15) is 24.6 Å². The number of para-hydroxylation sites is 1. The van der Waals surface area contributed by atoms with Crippen LogP contribution in [0.1, 0.15) is 101 Å². The molecule has 1 saturated carbocycles. The number of nitrogens with zero attached hydrogens (tertiary/aromatic N) is 8. The van der Waals surface area contributed by atoms with Crippen LogP contribution in [0.3, 0.4) is 0 Å². The van der Waals surface area contributed by atoms with Crippen molar-refractivity contribution in [3.63, 3.8) is 0 Å². The highest BCUT2D eigenvalue weighted by molar-refractivity contribution is 5.93. The summed E-state index contributed by atoms with van der Waals surface area (Å²) in [5, 5.41) is 39.6. The quantitative estimate of drug-likeness (QED) is 0.136. The first kappa shape index (κ1) is 46.8. The van der Waals surface area contributed by atoms with Crippen molar-refractivity contribution >= 4 is 35.2 Å². The molecule has 0 spiro atoms. The van der Waals surface area contributed by atoms with E-state index in [1.54, 1.807) is 12.1 Å². The number of nitrogens with one attached hydrogen (secondary N) is 3. The van der Waals surface area contributed by atoms with E-state index in [1.807, 2.05) is 82.6 Å². The van der Waals surface area contributed by atoms with Crippen molar-refractivity contribution < 1.29 is 24.6 Å². The van der Waals surface area contributed by atoms with Crippen LogP contribution in [0.15, 0.2) is 67.0 Å². The van der Waals surface area contributed by atoms with Gasteiger partial charge in [-0.3, -0.25) is 19.3 Å². The number of aromatic nitrogens is 4. The molecule has 0 bridgehead atoms. The lowest BCUT2D eigenvalue weighted by molar-refractivity contribution is -0.144. The number of amides is 3. The molecule has 6 heterocycles. The Kier molecular flexibility index (Phi) is 13.6. The SMILES string of the molecule is C#Cc1ccc([C@H](C)NC(=O)[C@@H]2C[C@@H](O)CN2C(=O)[C@@H](NC(=O)[C@H]2CC[C@@H](c3cnc(N4CCC(N5CCN6c7cc(-c8ccccc8O)nnc7NC[C@H]6C5)CC4)nc3)CC2)C(C)(C)C)cc1. The van der Waals surface area contributed by atoms with Crippen molar-refractivity contribution in [2.75, 3.05) is 60.9 Å². The standard InChI is InChI=1S/C52H65N11O5/c1-6-33-11-13-34(14-12-33)32(2)56-49(67)44-25-40(64)31-63(44)50(68)46(52(3,4)5)57-48(66)36-17-15-35(16-18-36)37-27-54-51(55-28-37)60-21-19-38(20-22-60)61-23-24-62-39(30-61)29-53-47-43(62)26-42(58-59-47)41-9-7-8-10-45(41)65/h1,7-14,26-28,32,35-36,38-40,44,46,64-65H,15-25,29-31H2,2-5H3,(H,53,59)(H,56,67)(H,57,66)/t32-,35-,36+,39-,40+,44-,46+/m0/s1. The zero-order valence-electron chi connectivity index (χ0n) is 39.6. The number of phenolic OH excluding ortho intramolecular Hbond substituents is 1. The van der Waals surface area contributed by atoms with E-state index >= 15 is 0 Å². The van der Waals surface area contributed by atoms with Crippen molar-refractivity contribution in [1.82, 2.24) is 40.6 Å². The van der Waals surface area contributed by atoms with Crippen LogP contribution in [-0.2, 0) is 14.4 Å². The number of β-amino-alcohol motifs (C(OH)–C–C–N with tert-alkyl or cyclic N) is 1. The molecule has 3 amide bonds. The number of rotatable bonds is 10. The summed E-state index contributed by atoms with van der Waals surface area (Å²) < 4.78 is 0. The molecule has 2 aromatic carbocycles. The average Bonchev–Trinajstić information content (AvgIpc) is 3.76. The van der Waals surface area contributed by atoms with Crippen LogP contribution in [0.2, 0.25) is 0 Å². The zero-order valence-corrected chi connectivity index (χ0v) is 39.6. The van der Waals surface area contributed by atoms with Gasteiger partial charge in [0, 0.05) is 87.7 Å². The molecule has 3 saturated heterocycles. The fourth-order valence-electron chi connectivity index (χ4n) is 10.9. The van der Waals surface area contributed by atoms with Gasteiger partial charge in [-0.25, -0.2) is 9.97 Å². The second kappa shape index (κ2) is 19.7. The Hall–Kier alpha value is -6.31. The van der Waals surface area contributed by atoms with E-state index in [-0.39, 0.29) is 54.3 Å². The summed E-state index contributed by atoms with van der Waals surface area (Å²) in [7, 11) is 0. The second-order valence-corrected chi connectivity index (χ2v) is 20.5. The number of piperidine rings is 1. The first-order chi connectivity index (χ1) is 32.7. The summed E-state index contributed by atoms with van der Waals surface area (Å²) >= 11 is 0. The molecule has 9 rings (SSSR count). The van der Waals surface area contributed by atoms with E-state index in [1.165, 1.54) is 4.90 Å². The third kappa shape index (κ3) is 9.96. The molecule has 0 unspecified atom stereocenters. The molecule has 16 heteroatoms. The highest BCUT2D eigenvalue weighted by atomic mass is 16.3. The summed E-state index contributed by atoms with van der Waals surface area (Å²) in [6.07, 6.45) is 13.7. The third-order valence-electron chi connectivity index (χ3n) is 15.0. The van der Waals surface area contributed by atoms with Crippen LogP contribution in [0, 0.1) is 23.7 Å². The predicted molar refractivity (Wildman–Crippen MR) is 261 cm³/mol. The van der Waals surface area contributed by atoms with Crippen LogP contribution < -0.4 is 25.8 Å². The predicted octanol–water partition coefficient (Wildman–Crippen LogP) is 4.85. The Bertz CT molecular complexity index is 2490. The lowest BCUT2D eigenvalue weighted by Crippen LogP contribution is -2.61. The van der Waals surface area contributed by atoms with Gasteiger partial charge in [0.25, 0.3) is 0 Å². The number of carbonyl (C=O) groups excluding carboxylic acids is 3. The number of terminal acetylenes is 1. The van der Waals surface area contributed by atoms with E-state index in [0.29, 0.717) is 36.2 Å². The van der Waals surface area contributed by atoms with Crippen LogP contribution in [0.4, 0.5) is 17.5 Å². The first-order valence-electron chi connectivity index (χ1n) is 24.4. The van der Waals surface area contributed by atoms with Crippen molar-refractivity contribution in [3.05, 3.63) is 83.7 Å². The topological polar surface area (TPSA) is 192 Å². The second-order valence-electron chi connectivity index (χ2n) is 20.5. The molecule has 2 aromatic heterocycles. The molecule has 5 atom stereocenters. The average molecular weight is 924 g/mol. The molecular weight excluding hydrogens is 859 g/mol. The normalized spacial score (nSPS) is 24.2. The van der Waals surface area contributed by atoms with Gasteiger partial charge < -0.3 is 40.9 Å². The largest absolute Gasteiger partial charge is 0.507 e. The minimum atomic E-state index is -0.881. The van der Waals surface area contributed by atoms with Gasteiger partial charge in [0.2, 0.25) is 23.7 Å². The number of aliphatic hydroxyl groups excluding tert-OH is 1. The number of piperazine rings is 1. The summed E-state index contributed by atoms with van der Waals surface area (Å²) in [6.45, 7) is 13.0. The van der Waals surface area contributed by atoms with Crippen LogP contribution >= 0.6 is 0 Å². The molecule has 5 N–H and O–H groups in total. The summed E-state index contributed by atoms with van der Waals surface area (Å²) in [4.78, 5) is 60.3. The number of fused-ring (bicyclic) bond motifs is 3. The van der Waals surface area contributed by atoms with E-state index < -0.39 is 23.6 Å². The summed E-state index contributed by atoms with van der Waals surface area (Å²) in [5.74, 6) is 3.45. The van der Waals surface area contributed by atoms with E-state index in [0.717, 1.165) is 99.1 Å². The maximum Gasteiger partial charge on any atom is 0.246 e. The molecule has 68 heavy (non-hydrogen) atoms. The molecule has 358 valence electrons. The number of likely N-dealkylation sites (tertiary alicyclic amines) is 1. The van der Waals surface area contributed by atoms with Crippen LogP contribution in [-0.4, -0.2) is 134 Å². The number of hydrogen-bond acceptors (Lipinski definition) is 13. The number of aromatic hydroxyl groups is 1. The fraction of sp³-hybridized carbons (Fsp3) is 0.519. The Labute approximate surface area is 399 Å². The lowest BCUT2D eigenvalue weighted by Gasteiger charge is -2.49. The number of carbonyl (C=O) groups is 3. The molecule has 4 aliphatic heterocycles. The Morgan fingerprint density at radius 2 is 1.59 bits per heavy atom. The minimum absolute atomic E-state index is 0.0175. The van der Waals surface area contributed by atoms with Gasteiger partial charge in [-0.1, -0.05) is 51.0 Å². The number of aliphatic hydroxyl groups is 1. The molecular formula is C52H65N11O5. The zero-order chi connectivity index (χ0) is 47.7. The fourth-order valence-corrected chi connectivity index (χ4v) is 10.9. The third-order valence-corrected chi connectivity index (χ3v) is 15.0.